The summed E-state index contributed by atoms with van der Waals surface area (Å²) in [6.07, 6.45) is 4.45. The number of likely N-dealkylation sites (tertiary alicyclic amines) is 1. The Kier molecular flexibility index (Phi) is 7.00. The predicted molar refractivity (Wildman–Crippen MR) is 122 cm³/mol. The number of carbonyl (C=O) groups is 1. The molecule has 1 aliphatic heterocycles. The molecule has 1 aliphatic rings. The van der Waals surface area contributed by atoms with Crippen molar-refractivity contribution in [3.8, 4) is 40.3 Å². The number of hydrogen-bond acceptors (Lipinski definition) is 9. The van der Waals surface area contributed by atoms with Gasteiger partial charge in [0.25, 0.3) is 17.7 Å². The summed E-state index contributed by atoms with van der Waals surface area (Å²) in [6.45, 7) is 1.03. The molecular formula is C23H27N5O6. The number of H-pyrrole nitrogens is 1. The summed E-state index contributed by atoms with van der Waals surface area (Å²) < 4.78 is 27.4. The normalized spacial score (nSPS) is 15.5. The van der Waals surface area contributed by atoms with Crippen LogP contribution in [0.4, 0.5) is 0 Å². The standard InChI is InChI=1S/C23H27N5O6/c1-30-18-10-14(11-19(31-2)20(18)32-3)16-12-17(27-26-16)23(29)28-9-5-6-15(13-28)34-22-21(33-4)24-7-8-25-22/h7-8,10-12,15H,5-6,9,13H2,1-4H3,(H,26,27). The smallest absolute Gasteiger partial charge is 0.278 e. The molecule has 1 unspecified atom stereocenters. The van der Waals surface area contributed by atoms with Crippen molar-refractivity contribution in [3.05, 3.63) is 36.3 Å². The summed E-state index contributed by atoms with van der Waals surface area (Å²) >= 11 is 0. The first kappa shape index (κ1) is 23.1. The SMILES string of the molecule is COc1cc(-c2cc(C(=O)N3CCCC(Oc4nccnc4OC)C3)[nH]n2)cc(OC)c1OC. The van der Waals surface area contributed by atoms with Crippen molar-refractivity contribution >= 4 is 5.91 Å². The third kappa shape index (κ3) is 4.68. The summed E-state index contributed by atoms with van der Waals surface area (Å²) in [6, 6.07) is 5.27. The largest absolute Gasteiger partial charge is 0.493 e. The van der Waals surface area contributed by atoms with Gasteiger partial charge in [0.1, 0.15) is 11.8 Å². The number of aromatic amines is 1. The molecule has 1 saturated heterocycles. The fourth-order valence-electron chi connectivity index (χ4n) is 3.89. The van der Waals surface area contributed by atoms with E-state index >= 15 is 0 Å². The van der Waals surface area contributed by atoms with Crippen LogP contribution in [0.2, 0.25) is 0 Å². The van der Waals surface area contributed by atoms with Gasteiger partial charge < -0.3 is 28.6 Å². The lowest BCUT2D eigenvalue weighted by Crippen LogP contribution is -2.44. The Hall–Kier alpha value is -4.02. The van der Waals surface area contributed by atoms with Crippen molar-refractivity contribution in [2.24, 2.45) is 0 Å². The summed E-state index contributed by atoms with van der Waals surface area (Å²) in [7, 11) is 6.15. The lowest BCUT2D eigenvalue weighted by molar-refractivity contribution is 0.0514. The molecule has 2 aromatic heterocycles. The average Bonchev–Trinajstić information content (AvgIpc) is 3.38. The molecule has 0 bridgehead atoms. The molecule has 0 aliphatic carbocycles. The molecule has 0 spiro atoms. The van der Waals surface area contributed by atoms with E-state index in [-0.39, 0.29) is 12.0 Å². The fourth-order valence-corrected chi connectivity index (χ4v) is 3.89. The van der Waals surface area contributed by atoms with Crippen LogP contribution < -0.4 is 23.7 Å². The topological polar surface area (TPSA) is 121 Å². The highest BCUT2D eigenvalue weighted by molar-refractivity contribution is 5.93. The van der Waals surface area contributed by atoms with Gasteiger partial charge in [0.05, 0.1) is 40.7 Å². The van der Waals surface area contributed by atoms with Gasteiger partial charge in [0.2, 0.25) is 5.75 Å². The molecule has 1 amide bonds. The van der Waals surface area contributed by atoms with E-state index in [0.29, 0.717) is 53.5 Å². The summed E-state index contributed by atoms with van der Waals surface area (Å²) in [5.74, 6) is 1.96. The molecule has 180 valence electrons. The minimum atomic E-state index is -0.221. The molecule has 1 aromatic carbocycles. The number of amides is 1. The first-order valence-corrected chi connectivity index (χ1v) is 10.7. The summed E-state index contributed by atoms with van der Waals surface area (Å²) in [5, 5.41) is 7.18. The van der Waals surface area contributed by atoms with E-state index in [1.807, 2.05) is 0 Å². The van der Waals surface area contributed by atoms with Crippen LogP contribution in [0.15, 0.2) is 30.6 Å². The molecule has 1 fully saturated rings. The van der Waals surface area contributed by atoms with Gasteiger partial charge in [-0.1, -0.05) is 0 Å². The van der Waals surface area contributed by atoms with Gasteiger partial charge in [-0.15, -0.1) is 0 Å². The Morgan fingerprint density at radius 2 is 1.68 bits per heavy atom. The van der Waals surface area contributed by atoms with E-state index in [2.05, 4.69) is 20.2 Å². The van der Waals surface area contributed by atoms with Crippen molar-refractivity contribution < 1.29 is 28.5 Å². The molecule has 3 heterocycles. The maximum absolute atomic E-state index is 13.2. The number of nitrogens with zero attached hydrogens (tertiary/aromatic N) is 4. The van der Waals surface area contributed by atoms with E-state index in [4.69, 9.17) is 23.7 Å². The van der Waals surface area contributed by atoms with E-state index in [1.54, 1.807) is 50.6 Å². The van der Waals surface area contributed by atoms with Crippen LogP contribution >= 0.6 is 0 Å². The minimum absolute atomic E-state index is 0.161. The quantitative estimate of drug-likeness (QED) is 0.530. The number of piperidine rings is 1. The Morgan fingerprint density at radius 1 is 0.971 bits per heavy atom. The number of methoxy groups -OCH3 is 4. The molecule has 3 aromatic rings. The fraction of sp³-hybridized carbons (Fsp3) is 0.391. The van der Waals surface area contributed by atoms with Crippen LogP contribution in [0.5, 0.6) is 29.0 Å². The maximum atomic E-state index is 13.2. The van der Waals surface area contributed by atoms with Crippen LogP contribution in [-0.4, -0.2) is 78.6 Å². The molecule has 11 nitrogen and oxygen atoms in total. The number of nitrogens with one attached hydrogen (secondary N) is 1. The van der Waals surface area contributed by atoms with E-state index in [9.17, 15) is 4.79 Å². The monoisotopic (exact) mass is 469 g/mol. The zero-order valence-electron chi connectivity index (χ0n) is 19.5. The van der Waals surface area contributed by atoms with Crippen molar-refractivity contribution in [1.82, 2.24) is 25.1 Å². The molecule has 0 saturated carbocycles. The maximum Gasteiger partial charge on any atom is 0.278 e. The van der Waals surface area contributed by atoms with Gasteiger partial charge in [-0.3, -0.25) is 9.89 Å². The summed E-state index contributed by atoms with van der Waals surface area (Å²) in [5.41, 5.74) is 1.68. The third-order valence-corrected chi connectivity index (χ3v) is 5.54. The first-order valence-electron chi connectivity index (χ1n) is 10.7. The van der Waals surface area contributed by atoms with Crippen LogP contribution in [0.1, 0.15) is 23.3 Å². The van der Waals surface area contributed by atoms with E-state index in [0.717, 1.165) is 18.4 Å². The van der Waals surface area contributed by atoms with Crippen LogP contribution in [-0.2, 0) is 0 Å². The zero-order valence-corrected chi connectivity index (χ0v) is 19.5. The zero-order chi connectivity index (χ0) is 24.1. The Bertz CT molecular complexity index is 1130. The minimum Gasteiger partial charge on any atom is -0.493 e. The highest BCUT2D eigenvalue weighted by atomic mass is 16.5. The second-order valence-corrected chi connectivity index (χ2v) is 7.58. The first-order chi connectivity index (χ1) is 16.6. The lowest BCUT2D eigenvalue weighted by Gasteiger charge is -2.32. The number of benzene rings is 1. The Balaban J connectivity index is 1.50. The molecule has 11 heteroatoms. The predicted octanol–water partition coefficient (Wildman–Crippen LogP) is 2.58. The highest BCUT2D eigenvalue weighted by Gasteiger charge is 2.28. The average molecular weight is 469 g/mol. The van der Waals surface area contributed by atoms with Crippen LogP contribution in [0, 0.1) is 0 Å². The van der Waals surface area contributed by atoms with Crippen molar-refractivity contribution in [2.75, 3.05) is 41.5 Å². The van der Waals surface area contributed by atoms with Gasteiger partial charge in [-0.25, -0.2) is 9.97 Å². The van der Waals surface area contributed by atoms with Crippen molar-refractivity contribution in [3.63, 3.8) is 0 Å². The Labute approximate surface area is 197 Å². The number of aromatic nitrogens is 4. The number of ether oxygens (including phenoxy) is 5. The molecule has 1 N–H and O–H groups in total. The lowest BCUT2D eigenvalue weighted by atomic mass is 10.1. The molecule has 1 atom stereocenters. The van der Waals surface area contributed by atoms with Gasteiger partial charge >= 0.3 is 0 Å². The van der Waals surface area contributed by atoms with Crippen LogP contribution in [0.25, 0.3) is 11.3 Å². The molecule has 34 heavy (non-hydrogen) atoms. The van der Waals surface area contributed by atoms with E-state index in [1.165, 1.54) is 13.3 Å². The van der Waals surface area contributed by atoms with Crippen molar-refractivity contribution in [1.29, 1.82) is 0 Å². The highest BCUT2D eigenvalue weighted by Crippen LogP contribution is 2.41. The second-order valence-electron chi connectivity index (χ2n) is 7.58. The Morgan fingerprint density at radius 3 is 2.32 bits per heavy atom. The number of carbonyl (C=O) groups excluding carboxylic acids is 1. The van der Waals surface area contributed by atoms with Gasteiger partial charge in [0.15, 0.2) is 11.5 Å². The van der Waals surface area contributed by atoms with Gasteiger partial charge in [-0.05, 0) is 31.0 Å². The van der Waals surface area contributed by atoms with E-state index < -0.39 is 0 Å². The third-order valence-electron chi connectivity index (χ3n) is 5.54. The van der Waals surface area contributed by atoms with Crippen LogP contribution in [0.3, 0.4) is 0 Å². The van der Waals surface area contributed by atoms with Crippen molar-refractivity contribution in [2.45, 2.75) is 18.9 Å². The summed E-state index contributed by atoms with van der Waals surface area (Å²) in [4.78, 5) is 23.2. The second kappa shape index (κ2) is 10.3. The number of hydrogen-bond donors (Lipinski definition) is 1. The van der Waals surface area contributed by atoms with Gasteiger partial charge in [-0.2, -0.15) is 5.10 Å². The van der Waals surface area contributed by atoms with Gasteiger partial charge in [0, 0.05) is 24.5 Å². The molecule has 0 radical (unpaired) electrons. The molecular weight excluding hydrogens is 442 g/mol. The number of rotatable bonds is 8. The molecule has 4 rings (SSSR count).